The lowest BCUT2D eigenvalue weighted by atomic mass is 10.0. The Balaban J connectivity index is 1.88. The quantitative estimate of drug-likeness (QED) is 0.863. The smallest absolute Gasteiger partial charge is 0.241 e. The molecule has 0 aromatic heterocycles. The normalized spacial score (nSPS) is 15.4. The molecule has 0 saturated heterocycles. The Kier molecular flexibility index (Phi) is 5.37. The summed E-state index contributed by atoms with van der Waals surface area (Å²) in [7, 11) is -3.71. The molecule has 1 atom stereocenters. The number of anilines is 1. The van der Waals surface area contributed by atoms with Crippen LogP contribution < -0.4 is 9.62 Å². The van der Waals surface area contributed by atoms with E-state index in [0.717, 1.165) is 29.7 Å². The van der Waals surface area contributed by atoms with Gasteiger partial charge in [0.2, 0.25) is 15.9 Å². The molecule has 0 aliphatic carbocycles. The number of rotatable bonds is 4. The number of fused-ring (bicyclic) bond motifs is 1. The number of hydrogen-bond donors (Lipinski definition) is 1. The lowest BCUT2D eigenvalue weighted by molar-refractivity contribution is -0.116. The van der Waals surface area contributed by atoms with Crippen LogP contribution in [0.5, 0.6) is 0 Å². The van der Waals surface area contributed by atoms with Crippen LogP contribution in [0.1, 0.15) is 37.4 Å². The zero-order chi connectivity index (χ0) is 18.9. The molecule has 7 heteroatoms. The number of nitrogens with one attached hydrogen (secondary N) is 1. The minimum atomic E-state index is -3.71. The first kappa shape index (κ1) is 18.9. The van der Waals surface area contributed by atoms with E-state index in [4.69, 9.17) is 11.6 Å². The lowest BCUT2D eigenvalue weighted by Crippen LogP contribution is -2.34. The van der Waals surface area contributed by atoms with Crippen molar-refractivity contribution >= 4 is 33.2 Å². The Morgan fingerprint density at radius 3 is 2.65 bits per heavy atom. The molecular weight excluding hydrogens is 372 g/mol. The number of hydrogen-bond acceptors (Lipinski definition) is 3. The number of aryl methyl sites for hydroxylation is 1. The lowest BCUT2D eigenvalue weighted by Gasteiger charge is -2.29. The van der Waals surface area contributed by atoms with E-state index in [1.807, 2.05) is 6.07 Å². The summed E-state index contributed by atoms with van der Waals surface area (Å²) in [5.74, 6) is -0.0352. The van der Waals surface area contributed by atoms with E-state index in [1.165, 1.54) is 6.92 Å². The highest BCUT2D eigenvalue weighted by molar-refractivity contribution is 7.89. The number of sulfonamides is 1. The van der Waals surface area contributed by atoms with Gasteiger partial charge >= 0.3 is 0 Å². The van der Waals surface area contributed by atoms with Gasteiger partial charge in [0.1, 0.15) is 0 Å². The SMILES string of the molecule is CC(=O)N1CCCc2cc(S(=O)(=O)N[C@@H](C)c3ccccc3Cl)ccc21. The molecule has 0 radical (unpaired) electrons. The van der Waals surface area contributed by atoms with Crippen LogP contribution in [-0.2, 0) is 21.2 Å². The molecule has 26 heavy (non-hydrogen) atoms. The van der Waals surface area contributed by atoms with Crippen LogP contribution in [0.25, 0.3) is 0 Å². The van der Waals surface area contributed by atoms with E-state index >= 15 is 0 Å². The zero-order valence-electron chi connectivity index (χ0n) is 14.7. The van der Waals surface area contributed by atoms with Gasteiger partial charge in [-0.2, -0.15) is 0 Å². The van der Waals surface area contributed by atoms with Gasteiger partial charge in [-0.15, -0.1) is 0 Å². The summed E-state index contributed by atoms with van der Waals surface area (Å²) in [5, 5.41) is 0.519. The van der Waals surface area contributed by atoms with Gasteiger partial charge in [0, 0.05) is 30.2 Å². The highest BCUT2D eigenvalue weighted by atomic mass is 35.5. The van der Waals surface area contributed by atoms with E-state index in [0.29, 0.717) is 11.6 Å². The fraction of sp³-hybridized carbons (Fsp3) is 0.316. The average Bonchev–Trinajstić information content (AvgIpc) is 2.60. The van der Waals surface area contributed by atoms with Crippen molar-refractivity contribution < 1.29 is 13.2 Å². The summed E-state index contributed by atoms with van der Waals surface area (Å²) in [6, 6.07) is 11.6. The van der Waals surface area contributed by atoms with Crippen molar-refractivity contribution in [3.63, 3.8) is 0 Å². The van der Waals surface area contributed by atoms with Crippen molar-refractivity contribution in [1.29, 1.82) is 0 Å². The van der Waals surface area contributed by atoms with Gasteiger partial charge in [0.15, 0.2) is 0 Å². The minimum absolute atomic E-state index is 0.0352. The molecule has 1 amide bonds. The van der Waals surface area contributed by atoms with Crippen LogP contribution in [-0.4, -0.2) is 20.9 Å². The molecule has 0 fully saturated rings. The molecule has 5 nitrogen and oxygen atoms in total. The zero-order valence-corrected chi connectivity index (χ0v) is 16.3. The topological polar surface area (TPSA) is 66.5 Å². The van der Waals surface area contributed by atoms with Crippen molar-refractivity contribution in [2.75, 3.05) is 11.4 Å². The summed E-state index contributed by atoms with van der Waals surface area (Å²) in [4.78, 5) is 13.6. The molecule has 0 saturated carbocycles. The van der Waals surface area contributed by atoms with Crippen LogP contribution in [0.4, 0.5) is 5.69 Å². The number of amides is 1. The van der Waals surface area contributed by atoms with Gasteiger partial charge in [-0.05, 0) is 55.2 Å². The second-order valence-corrected chi connectivity index (χ2v) is 8.55. The van der Waals surface area contributed by atoms with Gasteiger partial charge in [-0.25, -0.2) is 13.1 Å². The molecule has 138 valence electrons. The Morgan fingerprint density at radius 1 is 1.23 bits per heavy atom. The van der Waals surface area contributed by atoms with Crippen LogP contribution in [0.3, 0.4) is 0 Å². The Labute approximate surface area is 159 Å². The molecule has 2 aromatic rings. The largest absolute Gasteiger partial charge is 0.312 e. The van der Waals surface area contributed by atoms with Crippen LogP contribution in [0, 0.1) is 0 Å². The van der Waals surface area contributed by atoms with Gasteiger partial charge < -0.3 is 4.90 Å². The van der Waals surface area contributed by atoms with Crippen molar-refractivity contribution in [2.24, 2.45) is 0 Å². The monoisotopic (exact) mass is 392 g/mol. The Morgan fingerprint density at radius 2 is 1.96 bits per heavy atom. The van der Waals surface area contributed by atoms with Gasteiger partial charge in [-0.1, -0.05) is 29.8 Å². The maximum absolute atomic E-state index is 12.8. The molecular formula is C19H21ClN2O3S. The second kappa shape index (κ2) is 7.39. The molecule has 1 aliphatic rings. The molecule has 3 rings (SSSR count). The van der Waals surface area contributed by atoms with Crippen molar-refractivity contribution in [2.45, 2.75) is 37.6 Å². The van der Waals surface area contributed by atoms with E-state index in [9.17, 15) is 13.2 Å². The van der Waals surface area contributed by atoms with Crippen LogP contribution in [0.2, 0.25) is 5.02 Å². The van der Waals surface area contributed by atoms with Gasteiger partial charge in [0.05, 0.1) is 4.90 Å². The first-order chi connectivity index (χ1) is 12.3. The van der Waals surface area contributed by atoms with E-state index in [2.05, 4.69) is 4.72 Å². The summed E-state index contributed by atoms with van der Waals surface area (Å²) in [6.45, 7) is 3.94. The molecule has 1 heterocycles. The minimum Gasteiger partial charge on any atom is -0.312 e. The molecule has 2 aromatic carbocycles. The third-order valence-electron chi connectivity index (χ3n) is 4.56. The fourth-order valence-electron chi connectivity index (χ4n) is 3.26. The van der Waals surface area contributed by atoms with Crippen LogP contribution >= 0.6 is 11.6 Å². The van der Waals surface area contributed by atoms with E-state index in [1.54, 1.807) is 48.2 Å². The highest BCUT2D eigenvalue weighted by Crippen LogP contribution is 2.30. The predicted molar refractivity (Wildman–Crippen MR) is 103 cm³/mol. The number of carbonyl (C=O) groups is 1. The third kappa shape index (κ3) is 3.77. The molecule has 0 bridgehead atoms. The summed E-state index contributed by atoms with van der Waals surface area (Å²) >= 11 is 6.16. The summed E-state index contributed by atoms with van der Waals surface area (Å²) < 4.78 is 28.3. The van der Waals surface area contributed by atoms with Gasteiger partial charge in [-0.3, -0.25) is 4.79 Å². The molecule has 1 N–H and O–H groups in total. The molecule has 0 spiro atoms. The number of nitrogens with zero attached hydrogens (tertiary/aromatic N) is 1. The summed E-state index contributed by atoms with van der Waals surface area (Å²) in [6.07, 6.45) is 1.57. The first-order valence-corrected chi connectivity index (χ1v) is 10.3. The molecule has 0 unspecified atom stereocenters. The van der Waals surface area contributed by atoms with Gasteiger partial charge in [0.25, 0.3) is 0 Å². The maximum Gasteiger partial charge on any atom is 0.241 e. The average molecular weight is 393 g/mol. The third-order valence-corrected chi connectivity index (χ3v) is 6.45. The molecule has 1 aliphatic heterocycles. The van der Waals surface area contributed by atoms with Crippen LogP contribution in [0.15, 0.2) is 47.4 Å². The standard InChI is InChI=1S/C19H21ClN2O3S/c1-13(17-7-3-4-8-18(17)20)21-26(24,25)16-9-10-19-15(12-16)6-5-11-22(19)14(2)23/h3-4,7-10,12-13,21H,5-6,11H2,1-2H3/t13-/m0/s1. The van der Waals surface area contributed by atoms with E-state index < -0.39 is 16.1 Å². The first-order valence-electron chi connectivity index (χ1n) is 8.47. The highest BCUT2D eigenvalue weighted by Gasteiger charge is 2.24. The predicted octanol–water partition coefficient (Wildman–Crippen LogP) is 3.68. The van der Waals surface area contributed by atoms with E-state index in [-0.39, 0.29) is 10.8 Å². The van der Waals surface area contributed by atoms with Crippen molar-refractivity contribution in [3.8, 4) is 0 Å². The summed E-state index contributed by atoms with van der Waals surface area (Å²) in [5.41, 5.74) is 2.39. The Bertz CT molecular complexity index is 944. The second-order valence-electron chi connectivity index (χ2n) is 6.43. The number of benzene rings is 2. The number of carbonyl (C=O) groups excluding carboxylic acids is 1. The van der Waals surface area contributed by atoms with Crippen molar-refractivity contribution in [1.82, 2.24) is 4.72 Å². The van der Waals surface area contributed by atoms with Crippen molar-refractivity contribution in [3.05, 3.63) is 58.6 Å². The fourth-order valence-corrected chi connectivity index (χ4v) is 4.83. The number of halogens is 1. The Hall–Kier alpha value is -1.89. The maximum atomic E-state index is 12.8.